The Morgan fingerprint density at radius 2 is 1.93 bits per heavy atom. The van der Waals surface area contributed by atoms with Gasteiger partial charge in [-0.25, -0.2) is 4.39 Å². The fraction of sp³-hybridized carbons (Fsp3) is 0.652. The van der Waals surface area contributed by atoms with Gasteiger partial charge in [-0.1, -0.05) is 18.2 Å². The minimum absolute atomic E-state index is 0.00955. The summed E-state index contributed by atoms with van der Waals surface area (Å²) in [6.07, 6.45) is 4.32. The standard InChI is InChI=1S/C23H33FN2O4/c1-29-23(28)9-8-22(27)26(17-20-6-4-14-30-20)15-18-10-12-25(13-11-18)16-19-5-2-3-7-21(19)24/h2-3,5,7,18,20H,4,6,8-17H2,1H3/t20-/m1/s1. The van der Waals surface area contributed by atoms with Gasteiger partial charge in [0.05, 0.1) is 19.6 Å². The average molecular weight is 421 g/mol. The van der Waals surface area contributed by atoms with Crippen LogP contribution in [0.4, 0.5) is 4.39 Å². The molecule has 1 aromatic carbocycles. The van der Waals surface area contributed by atoms with E-state index in [1.807, 2.05) is 17.0 Å². The third kappa shape index (κ3) is 6.77. The fourth-order valence-electron chi connectivity index (χ4n) is 4.29. The lowest BCUT2D eigenvalue weighted by Gasteiger charge is -2.35. The molecular formula is C23H33FN2O4. The highest BCUT2D eigenvalue weighted by atomic mass is 19.1. The zero-order valence-electron chi connectivity index (χ0n) is 17.9. The summed E-state index contributed by atoms with van der Waals surface area (Å²) in [5.74, 6) is -0.115. The second-order valence-electron chi connectivity index (χ2n) is 8.32. The number of rotatable bonds is 9. The van der Waals surface area contributed by atoms with E-state index in [1.165, 1.54) is 13.2 Å². The zero-order valence-corrected chi connectivity index (χ0v) is 17.9. The predicted octanol–water partition coefficient (Wildman–Crippen LogP) is 3.00. The summed E-state index contributed by atoms with van der Waals surface area (Å²) in [5, 5.41) is 0. The molecule has 0 saturated carbocycles. The molecule has 30 heavy (non-hydrogen) atoms. The Kier molecular flexibility index (Phi) is 8.63. The maximum absolute atomic E-state index is 13.9. The van der Waals surface area contributed by atoms with Crippen molar-refractivity contribution in [2.24, 2.45) is 5.92 Å². The normalized spacial score (nSPS) is 20.3. The lowest BCUT2D eigenvalue weighted by Crippen LogP contribution is -2.43. The van der Waals surface area contributed by atoms with E-state index < -0.39 is 0 Å². The quantitative estimate of drug-likeness (QED) is 0.575. The van der Waals surface area contributed by atoms with Crippen LogP contribution in [0.5, 0.6) is 0 Å². The van der Waals surface area contributed by atoms with Crippen LogP contribution in [0.15, 0.2) is 24.3 Å². The number of hydrogen-bond donors (Lipinski definition) is 0. The molecule has 7 heteroatoms. The smallest absolute Gasteiger partial charge is 0.306 e. The number of nitrogens with zero attached hydrogens (tertiary/aromatic N) is 2. The molecule has 1 amide bonds. The maximum atomic E-state index is 13.9. The van der Waals surface area contributed by atoms with E-state index in [1.54, 1.807) is 6.07 Å². The number of halogens is 1. The van der Waals surface area contributed by atoms with Gasteiger partial charge < -0.3 is 14.4 Å². The van der Waals surface area contributed by atoms with E-state index in [-0.39, 0.29) is 36.6 Å². The molecule has 2 saturated heterocycles. The first-order valence-corrected chi connectivity index (χ1v) is 11.0. The molecule has 0 N–H and O–H groups in total. The number of hydrogen-bond acceptors (Lipinski definition) is 5. The number of benzene rings is 1. The minimum atomic E-state index is -0.359. The Labute approximate surface area is 178 Å². The molecule has 6 nitrogen and oxygen atoms in total. The Hall–Kier alpha value is -1.99. The van der Waals surface area contributed by atoms with Crippen LogP contribution < -0.4 is 0 Å². The van der Waals surface area contributed by atoms with Crippen LogP contribution in [0.3, 0.4) is 0 Å². The third-order valence-electron chi connectivity index (χ3n) is 6.11. The molecule has 0 unspecified atom stereocenters. The summed E-state index contributed by atoms with van der Waals surface area (Å²) in [6, 6.07) is 6.93. The van der Waals surface area contributed by atoms with Gasteiger partial charge in [-0.15, -0.1) is 0 Å². The van der Waals surface area contributed by atoms with E-state index in [2.05, 4.69) is 9.64 Å². The maximum Gasteiger partial charge on any atom is 0.306 e. The van der Waals surface area contributed by atoms with Crippen LogP contribution in [-0.4, -0.2) is 67.7 Å². The second-order valence-corrected chi connectivity index (χ2v) is 8.32. The number of carbonyl (C=O) groups excluding carboxylic acids is 2. The number of piperidine rings is 1. The molecule has 0 aromatic heterocycles. The van der Waals surface area contributed by atoms with Crippen LogP contribution in [-0.2, 0) is 25.6 Å². The first-order valence-electron chi connectivity index (χ1n) is 11.0. The number of esters is 1. The van der Waals surface area contributed by atoms with Crippen LogP contribution in [0.25, 0.3) is 0 Å². The van der Waals surface area contributed by atoms with Gasteiger partial charge in [-0.05, 0) is 50.8 Å². The molecule has 1 atom stereocenters. The molecule has 2 heterocycles. The highest BCUT2D eigenvalue weighted by Crippen LogP contribution is 2.23. The highest BCUT2D eigenvalue weighted by molar-refractivity contribution is 5.81. The third-order valence-corrected chi connectivity index (χ3v) is 6.11. The van der Waals surface area contributed by atoms with Crippen molar-refractivity contribution in [2.75, 3.05) is 39.9 Å². The first-order chi connectivity index (χ1) is 14.5. The minimum Gasteiger partial charge on any atom is -0.469 e. The number of amides is 1. The molecule has 2 fully saturated rings. The second kappa shape index (κ2) is 11.4. The number of ether oxygens (including phenoxy) is 2. The highest BCUT2D eigenvalue weighted by Gasteiger charge is 2.27. The molecule has 3 rings (SSSR count). The van der Waals surface area contributed by atoms with Gasteiger partial charge in [0.2, 0.25) is 5.91 Å². The summed E-state index contributed by atoms with van der Waals surface area (Å²) in [4.78, 5) is 28.4. The van der Waals surface area contributed by atoms with Crippen molar-refractivity contribution >= 4 is 11.9 Å². The SMILES string of the molecule is COC(=O)CCC(=O)N(CC1CCN(Cc2ccccc2F)CC1)C[C@H]1CCCO1. The van der Waals surface area contributed by atoms with E-state index in [9.17, 15) is 14.0 Å². The Morgan fingerprint density at radius 3 is 2.60 bits per heavy atom. The zero-order chi connectivity index (χ0) is 21.3. The molecule has 166 valence electrons. The van der Waals surface area contributed by atoms with Gasteiger partial charge in [0.15, 0.2) is 0 Å². The lowest BCUT2D eigenvalue weighted by atomic mass is 9.95. The van der Waals surface area contributed by atoms with Gasteiger partial charge in [-0.2, -0.15) is 0 Å². The van der Waals surface area contributed by atoms with Crippen molar-refractivity contribution in [3.8, 4) is 0 Å². The molecule has 2 aliphatic heterocycles. The van der Waals surface area contributed by atoms with Gasteiger partial charge >= 0.3 is 5.97 Å². The predicted molar refractivity (Wildman–Crippen MR) is 111 cm³/mol. The summed E-state index contributed by atoms with van der Waals surface area (Å²) >= 11 is 0. The van der Waals surface area contributed by atoms with E-state index in [4.69, 9.17) is 4.74 Å². The lowest BCUT2D eigenvalue weighted by molar-refractivity contribution is -0.144. The van der Waals surface area contributed by atoms with Gasteiger partial charge in [0.1, 0.15) is 5.82 Å². The van der Waals surface area contributed by atoms with Crippen molar-refractivity contribution in [2.45, 2.75) is 51.2 Å². The molecule has 0 bridgehead atoms. The van der Waals surface area contributed by atoms with Crippen LogP contribution in [0.2, 0.25) is 0 Å². The van der Waals surface area contributed by atoms with Crippen molar-refractivity contribution in [1.29, 1.82) is 0 Å². The van der Waals surface area contributed by atoms with E-state index >= 15 is 0 Å². The number of methoxy groups -OCH3 is 1. The largest absolute Gasteiger partial charge is 0.469 e. The number of carbonyl (C=O) groups is 2. The molecule has 0 spiro atoms. The summed E-state index contributed by atoms with van der Waals surface area (Å²) < 4.78 is 24.3. The van der Waals surface area contributed by atoms with Gasteiger partial charge in [-0.3, -0.25) is 14.5 Å². The van der Waals surface area contributed by atoms with Crippen molar-refractivity contribution < 1.29 is 23.5 Å². The van der Waals surface area contributed by atoms with E-state index in [0.717, 1.165) is 50.9 Å². The molecule has 0 aliphatic carbocycles. The van der Waals surface area contributed by atoms with Gasteiger partial charge in [0.25, 0.3) is 0 Å². The molecular weight excluding hydrogens is 387 g/mol. The molecule has 0 radical (unpaired) electrons. The molecule has 1 aromatic rings. The summed E-state index contributed by atoms with van der Waals surface area (Å²) in [7, 11) is 1.34. The Morgan fingerprint density at radius 1 is 1.17 bits per heavy atom. The summed E-state index contributed by atoms with van der Waals surface area (Å²) in [5.41, 5.74) is 0.731. The monoisotopic (exact) mass is 420 g/mol. The van der Waals surface area contributed by atoms with Gasteiger partial charge in [0, 0.05) is 38.2 Å². The number of likely N-dealkylation sites (tertiary alicyclic amines) is 1. The van der Waals surface area contributed by atoms with Crippen LogP contribution in [0, 0.1) is 11.7 Å². The fourth-order valence-corrected chi connectivity index (χ4v) is 4.29. The van der Waals surface area contributed by atoms with Crippen molar-refractivity contribution in [1.82, 2.24) is 9.80 Å². The summed E-state index contributed by atoms with van der Waals surface area (Å²) in [6.45, 7) is 4.44. The van der Waals surface area contributed by atoms with E-state index in [0.29, 0.717) is 25.6 Å². The average Bonchev–Trinajstić information content (AvgIpc) is 3.27. The molecule has 2 aliphatic rings. The Balaban J connectivity index is 1.50. The van der Waals surface area contributed by atoms with Crippen LogP contribution >= 0.6 is 0 Å². The first kappa shape index (κ1) is 22.7. The Bertz CT molecular complexity index is 700. The van der Waals surface area contributed by atoms with Crippen LogP contribution in [0.1, 0.15) is 44.1 Å². The topological polar surface area (TPSA) is 59.1 Å². The van der Waals surface area contributed by atoms with Crippen molar-refractivity contribution in [3.05, 3.63) is 35.6 Å². The van der Waals surface area contributed by atoms with Crippen molar-refractivity contribution in [3.63, 3.8) is 0 Å².